The summed E-state index contributed by atoms with van der Waals surface area (Å²) in [6, 6.07) is 12.7. The van der Waals surface area contributed by atoms with Gasteiger partial charge >= 0.3 is 6.03 Å². The number of hydrogen-bond acceptors (Lipinski definition) is 5. The lowest BCUT2D eigenvalue weighted by Crippen LogP contribution is -2.42. The topological polar surface area (TPSA) is 122 Å². The van der Waals surface area contributed by atoms with E-state index in [0.29, 0.717) is 23.7 Å². The molecule has 10 heteroatoms. The average Bonchev–Trinajstić information content (AvgIpc) is 3.30. The van der Waals surface area contributed by atoms with Crippen molar-refractivity contribution in [3.8, 4) is 5.75 Å². The summed E-state index contributed by atoms with van der Waals surface area (Å²) in [5.74, 6) is 1.87. The normalized spacial score (nSPS) is 14.9. The second kappa shape index (κ2) is 11.5. The van der Waals surface area contributed by atoms with Gasteiger partial charge in [0, 0.05) is 48.6 Å². The second-order valence-corrected chi connectivity index (χ2v) is 11.8. The highest BCUT2D eigenvalue weighted by atomic mass is 32.2. The van der Waals surface area contributed by atoms with Crippen LogP contribution < -0.4 is 20.7 Å². The maximum atomic E-state index is 13.0. The Morgan fingerprint density at radius 2 is 1.73 bits per heavy atom. The van der Waals surface area contributed by atoms with E-state index < -0.39 is 17.2 Å². The Kier molecular flexibility index (Phi) is 8.31. The number of H-pyrrole nitrogens is 1. The summed E-state index contributed by atoms with van der Waals surface area (Å²) in [5.41, 5.74) is 1.96. The van der Waals surface area contributed by atoms with Crippen molar-refractivity contribution in [3.63, 3.8) is 0 Å². The number of amides is 3. The largest absolute Gasteiger partial charge is 0.616 e. The maximum absolute atomic E-state index is 13.0. The smallest absolute Gasteiger partial charge is 0.323 e. The van der Waals surface area contributed by atoms with Crippen molar-refractivity contribution in [1.82, 2.24) is 15.2 Å². The molecule has 3 aromatic rings. The van der Waals surface area contributed by atoms with Crippen LogP contribution in [-0.4, -0.2) is 71.2 Å². The highest BCUT2D eigenvalue weighted by Gasteiger charge is 2.23. The Balaban J connectivity index is 1.47. The molecule has 198 valence electrons. The molecule has 0 atom stereocenters. The van der Waals surface area contributed by atoms with E-state index in [1.165, 1.54) is 0 Å². The molecule has 0 bridgehead atoms. The highest BCUT2D eigenvalue weighted by molar-refractivity contribution is 7.91. The van der Waals surface area contributed by atoms with Crippen molar-refractivity contribution in [2.45, 2.75) is 26.2 Å². The molecule has 0 spiro atoms. The second-order valence-electron chi connectivity index (χ2n) is 10.1. The summed E-state index contributed by atoms with van der Waals surface area (Å²) in [5, 5.41) is 10.1. The number of benzene rings is 2. The number of nitrogens with one attached hydrogen (secondary N) is 4. The fraction of sp³-hybridized carbons (Fsp3) is 0.407. The maximum Gasteiger partial charge on any atom is 0.323 e. The molecule has 0 radical (unpaired) electrons. The number of aromatic nitrogens is 1. The van der Waals surface area contributed by atoms with Crippen LogP contribution in [0.25, 0.3) is 10.8 Å². The third-order valence-corrected chi connectivity index (χ3v) is 7.67. The van der Waals surface area contributed by atoms with E-state index >= 15 is 0 Å². The van der Waals surface area contributed by atoms with Crippen molar-refractivity contribution in [1.29, 1.82) is 0 Å². The molecular formula is C27H35N5O4S. The van der Waals surface area contributed by atoms with Crippen molar-refractivity contribution < 1.29 is 18.9 Å². The third kappa shape index (κ3) is 6.57. The zero-order chi connectivity index (χ0) is 26.6. The molecule has 2 aromatic carbocycles. The van der Waals surface area contributed by atoms with E-state index in [-0.39, 0.29) is 11.3 Å². The molecule has 2 heterocycles. The van der Waals surface area contributed by atoms with Crippen LogP contribution in [0, 0.1) is 0 Å². The van der Waals surface area contributed by atoms with Gasteiger partial charge in [0.2, 0.25) is 0 Å². The number of carbonyl (C=O) groups excluding carboxylic acids is 2. The molecule has 4 rings (SSSR count). The van der Waals surface area contributed by atoms with Gasteiger partial charge in [-0.3, -0.25) is 9.69 Å². The van der Waals surface area contributed by atoms with Gasteiger partial charge in [0.25, 0.3) is 5.91 Å². The van der Waals surface area contributed by atoms with E-state index in [0.717, 1.165) is 53.4 Å². The number of aromatic amines is 1. The molecule has 0 aliphatic carbocycles. The number of ether oxygens (including phenoxy) is 1. The number of rotatable bonds is 7. The molecule has 1 saturated heterocycles. The van der Waals surface area contributed by atoms with Gasteiger partial charge in [-0.25, -0.2) is 4.79 Å². The van der Waals surface area contributed by atoms with Crippen molar-refractivity contribution in [2.24, 2.45) is 0 Å². The molecule has 1 aliphatic heterocycles. The molecule has 1 aromatic heterocycles. The van der Waals surface area contributed by atoms with Gasteiger partial charge in [-0.05, 0) is 18.2 Å². The van der Waals surface area contributed by atoms with E-state index in [2.05, 4.69) is 25.8 Å². The van der Waals surface area contributed by atoms with Crippen LogP contribution in [-0.2, 0) is 16.6 Å². The number of nitrogens with zero attached hydrogens (tertiary/aromatic N) is 1. The van der Waals surface area contributed by atoms with Gasteiger partial charge in [0.15, 0.2) is 0 Å². The Bertz CT molecular complexity index is 1260. The Hall–Kier alpha value is -3.21. The van der Waals surface area contributed by atoms with Crippen LogP contribution in [0.4, 0.5) is 16.2 Å². The number of urea groups is 1. The van der Waals surface area contributed by atoms with Crippen molar-refractivity contribution in [2.75, 3.05) is 55.4 Å². The minimum atomic E-state index is -0.693. The molecule has 0 saturated carbocycles. The van der Waals surface area contributed by atoms with Crippen LogP contribution in [0.1, 0.15) is 37.0 Å². The summed E-state index contributed by atoms with van der Waals surface area (Å²) in [4.78, 5) is 30.8. The Morgan fingerprint density at radius 3 is 2.41 bits per heavy atom. The molecule has 3 amide bonds. The average molecular weight is 526 g/mol. The number of hydrogen-bond donors (Lipinski definition) is 4. The van der Waals surface area contributed by atoms with Crippen LogP contribution >= 0.6 is 0 Å². The summed E-state index contributed by atoms with van der Waals surface area (Å²) in [6.07, 6.45) is 0. The van der Waals surface area contributed by atoms with Gasteiger partial charge in [-0.2, -0.15) is 0 Å². The molecule has 1 fully saturated rings. The number of carbonyl (C=O) groups is 2. The number of anilines is 2. The first kappa shape index (κ1) is 26.8. The lowest BCUT2D eigenvalue weighted by atomic mass is 9.92. The quantitative estimate of drug-likeness (QED) is 0.349. The zero-order valence-electron chi connectivity index (χ0n) is 21.8. The fourth-order valence-corrected chi connectivity index (χ4v) is 5.36. The van der Waals surface area contributed by atoms with Gasteiger partial charge in [0.05, 0.1) is 11.4 Å². The van der Waals surface area contributed by atoms with Gasteiger partial charge in [0.1, 0.15) is 29.6 Å². The van der Waals surface area contributed by atoms with Crippen LogP contribution in [0.15, 0.2) is 42.5 Å². The zero-order valence-corrected chi connectivity index (χ0v) is 22.6. The standard InChI is InChI=1S/C27H35N5O4S/c1-27(2,3)23-17-21(24(31-23)25(33)28-4)30-26(34)29-20-9-10-22(19-8-6-5-7-18(19)20)36-14-11-32-12-15-37(35)16-13-32/h5-10,17,31H,11-16H2,1-4H3,(H,28,33)(H2,29,30,34). The van der Waals surface area contributed by atoms with Crippen LogP contribution in [0.3, 0.4) is 0 Å². The molecule has 0 unspecified atom stereocenters. The Morgan fingerprint density at radius 1 is 1.05 bits per heavy atom. The first-order valence-electron chi connectivity index (χ1n) is 12.4. The number of fused-ring (bicyclic) bond motifs is 1. The van der Waals surface area contributed by atoms with Crippen molar-refractivity contribution >= 4 is 45.3 Å². The SMILES string of the molecule is CNC(=O)c1[nH]c(C(C)(C)C)cc1NC(=O)Nc1ccc(OCCN2CC[S+]([O-])CC2)c2ccccc12. The molecule has 9 nitrogen and oxygen atoms in total. The predicted octanol–water partition coefficient (Wildman–Crippen LogP) is 3.91. The third-order valence-electron chi connectivity index (χ3n) is 6.40. The Labute approximate surface area is 220 Å². The van der Waals surface area contributed by atoms with E-state index in [1.54, 1.807) is 13.1 Å². The lowest BCUT2D eigenvalue weighted by molar-refractivity contribution is 0.0959. The molecule has 37 heavy (non-hydrogen) atoms. The minimum absolute atomic E-state index is 0.224. The van der Waals surface area contributed by atoms with Crippen molar-refractivity contribution in [3.05, 3.63) is 53.9 Å². The first-order chi connectivity index (χ1) is 17.7. The summed E-state index contributed by atoms with van der Waals surface area (Å²) in [7, 11) is 1.55. The van der Waals surface area contributed by atoms with Crippen LogP contribution in [0.5, 0.6) is 5.75 Å². The highest BCUT2D eigenvalue weighted by Crippen LogP contribution is 2.32. The first-order valence-corrected chi connectivity index (χ1v) is 13.9. The summed E-state index contributed by atoms with van der Waals surface area (Å²) in [6.45, 7) is 9.04. The van der Waals surface area contributed by atoms with Crippen LogP contribution in [0.2, 0.25) is 0 Å². The lowest BCUT2D eigenvalue weighted by Gasteiger charge is -2.27. The van der Waals surface area contributed by atoms with E-state index in [4.69, 9.17) is 4.74 Å². The minimum Gasteiger partial charge on any atom is -0.616 e. The van der Waals surface area contributed by atoms with E-state index in [9.17, 15) is 14.1 Å². The van der Waals surface area contributed by atoms with Gasteiger partial charge in [-0.15, -0.1) is 0 Å². The summed E-state index contributed by atoms with van der Waals surface area (Å²) >= 11 is -0.693. The molecular weight excluding hydrogens is 490 g/mol. The van der Waals surface area contributed by atoms with Gasteiger partial charge in [-0.1, -0.05) is 56.2 Å². The van der Waals surface area contributed by atoms with E-state index in [1.807, 2.05) is 57.2 Å². The fourth-order valence-electron chi connectivity index (χ4n) is 4.23. The van der Waals surface area contributed by atoms with Gasteiger partial charge < -0.3 is 30.2 Å². The molecule has 4 N–H and O–H groups in total. The summed E-state index contributed by atoms with van der Waals surface area (Å²) < 4.78 is 17.7. The predicted molar refractivity (Wildman–Crippen MR) is 149 cm³/mol. The monoisotopic (exact) mass is 525 g/mol. The molecule has 1 aliphatic rings.